The van der Waals surface area contributed by atoms with E-state index in [1.807, 2.05) is 6.07 Å². The molecule has 128 valence electrons. The van der Waals surface area contributed by atoms with Gasteiger partial charge >= 0.3 is 0 Å². The number of nitrogens with one attached hydrogen (secondary N) is 1. The summed E-state index contributed by atoms with van der Waals surface area (Å²) in [7, 11) is -3.84. The van der Waals surface area contributed by atoms with E-state index in [4.69, 9.17) is 5.26 Å². The average molecular weight is 356 g/mol. The Labute approximate surface area is 146 Å². The number of aromatic nitrogens is 1. The van der Waals surface area contributed by atoms with Crippen LogP contribution in [0.3, 0.4) is 0 Å². The van der Waals surface area contributed by atoms with Crippen LogP contribution in [-0.2, 0) is 21.4 Å². The van der Waals surface area contributed by atoms with E-state index in [0.717, 1.165) is 5.56 Å². The summed E-state index contributed by atoms with van der Waals surface area (Å²) < 4.78 is 27.0. The minimum absolute atomic E-state index is 0.108. The van der Waals surface area contributed by atoms with Crippen LogP contribution < -0.4 is 4.72 Å². The van der Waals surface area contributed by atoms with Crippen LogP contribution in [0.15, 0.2) is 53.7 Å². The van der Waals surface area contributed by atoms with Gasteiger partial charge in [0.15, 0.2) is 5.03 Å². The molecule has 1 saturated heterocycles. The largest absolute Gasteiger partial charge is 0.337 e. The lowest BCUT2D eigenvalue weighted by atomic mass is 10.1. The molecule has 7 nitrogen and oxygen atoms in total. The normalized spacial score (nSPS) is 17.5. The number of sulfonamides is 1. The molecule has 0 aliphatic carbocycles. The molecule has 1 aromatic carbocycles. The number of carbonyl (C=O) groups excluding carboxylic acids is 1. The van der Waals surface area contributed by atoms with Crippen LogP contribution in [0.5, 0.6) is 0 Å². The van der Waals surface area contributed by atoms with Crippen LogP contribution in [-0.4, -0.2) is 36.8 Å². The lowest BCUT2D eigenvalue weighted by molar-refractivity contribution is -0.129. The average Bonchev–Trinajstić information content (AvgIpc) is 2.95. The first-order valence-corrected chi connectivity index (χ1v) is 9.19. The Morgan fingerprint density at radius 3 is 2.84 bits per heavy atom. The van der Waals surface area contributed by atoms with Crippen LogP contribution in [0.1, 0.15) is 17.5 Å². The summed E-state index contributed by atoms with van der Waals surface area (Å²) in [5, 5.41) is 8.83. The van der Waals surface area contributed by atoms with E-state index in [1.165, 1.54) is 12.3 Å². The van der Waals surface area contributed by atoms with Gasteiger partial charge in [-0.15, -0.1) is 0 Å². The summed E-state index contributed by atoms with van der Waals surface area (Å²) in [6.07, 6.45) is 1.78. The summed E-state index contributed by atoms with van der Waals surface area (Å²) in [6.45, 7) is 0.793. The fraction of sp³-hybridized carbons (Fsp3) is 0.235. The second-order valence-electron chi connectivity index (χ2n) is 5.70. The number of rotatable bonds is 5. The van der Waals surface area contributed by atoms with E-state index in [9.17, 15) is 13.2 Å². The molecule has 8 heteroatoms. The first kappa shape index (κ1) is 17.1. The molecular formula is C17H16N4O3S. The van der Waals surface area contributed by atoms with Crippen molar-refractivity contribution in [2.45, 2.75) is 24.0 Å². The number of hydrogen-bond donors (Lipinski definition) is 1. The Bertz CT molecular complexity index is 922. The summed E-state index contributed by atoms with van der Waals surface area (Å²) in [6, 6.07) is 12.8. The zero-order valence-corrected chi connectivity index (χ0v) is 14.1. The molecule has 0 spiro atoms. The van der Waals surface area contributed by atoms with E-state index < -0.39 is 16.1 Å². The molecule has 1 amide bonds. The van der Waals surface area contributed by atoms with Gasteiger partial charge < -0.3 is 4.90 Å². The number of nitrogens with zero attached hydrogens (tertiary/aromatic N) is 3. The van der Waals surface area contributed by atoms with Crippen LogP contribution >= 0.6 is 0 Å². The van der Waals surface area contributed by atoms with Gasteiger partial charge in [-0.1, -0.05) is 18.2 Å². The second-order valence-corrected chi connectivity index (χ2v) is 7.36. The highest BCUT2D eigenvalue weighted by Gasteiger charge is 2.35. The monoisotopic (exact) mass is 356 g/mol. The molecule has 0 radical (unpaired) electrons. The van der Waals surface area contributed by atoms with Crippen molar-refractivity contribution in [3.05, 3.63) is 59.8 Å². The van der Waals surface area contributed by atoms with Crippen molar-refractivity contribution >= 4 is 15.9 Å². The highest BCUT2D eigenvalue weighted by molar-refractivity contribution is 7.89. The van der Waals surface area contributed by atoms with Crippen LogP contribution in [0, 0.1) is 11.3 Å². The van der Waals surface area contributed by atoms with E-state index >= 15 is 0 Å². The van der Waals surface area contributed by atoms with E-state index in [-0.39, 0.29) is 10.9 Å². The molecule has 1 aromatic heterocycles. The fourth-order valence-electron chi connectivity index (χ4n) is 2.72. The number of hydrogen-bond acceptors (Lipinski definition) is 5. The van der Waals surface area contributed by atoms with Gasteiger partial charge in [-0.05, 0) is 36.2 Å². The maximum absolute atomic E-state index is 12.5. The molecule has 3 rings (SSSR count). The van der Waals surface area contributed by atoms with Gasteiger partial charge in [-0.2, -0.15) is 9.98 Å². The van der Waals surface area contributed by atoms with Crippen LogP contribution in [0.2, 0.25) is 0 Å². The molecule has 1 fully saturated rings. The fourth-order valence-corrected chi connectivity index (χ4v) is 3.89. The number of carbonyl (C=O) groups is 1. The Balaban J connectivity index is 1.69. The molecule has 0 unspecified atom stereocenters. The van der Waals surface area contributed by atoms with E-state index in [0.29, 0.717) is 25.1 Å². The molecular weight excluding hydrogens is 340 g/mol. The van der Waals surface area contributed by atoms with Gasteiger partial charge in [-0.3, -0.25) is 4.79 Å². The van der Waals surface area contributed by atoms with Crippen molar-refractivity contribution in [2.24, 2.45) is 0 Å². The highest BCUT2D eigenvalue weighted by atomic mass is 32.2. The number of nitriles is 1. The molecule has 0 bridgehead atoms. The van der Waals surface area contributed by atoms with Gasteiger partial charge in [0, 0.05) is 19.3 Å². The Morgan fingerprint density at radius 1 is 1.28 bits per heavy atom. The van der Waals surface area contributed by atoms with Crippen molar-refractivity contribution in [3.63, 3.8) is 0 Å². The van der Waals surface area contributed by atoms with Crippen LogP contribution in [0.25, 0.3) is 0 Å². The van der Waals surface area contributed by atoms with Crippen LogP contribution in [0.4, 0.5) is 0 Å². The first-order valence-electron chi connectivity index (χ1n) is 7.71. The van der Waals surface area contributed by atoms with Gasteiger partial charge in [-0.25, -0.2) is 13.4 Å². The predicted molar refractivity (Wildman–Crippen MR) is 89.5 cm³/mol. The van der Waals surface area contributed by atoms with Crippen molar-refractivity contribution in [2.75, 3.05) is 6.54 Å². The van der Waals surface area contributed by atoms with Crippen molar-refractivity contribution < 1.29 is 13.2 Å². The lowest BCUT2D eigenvalue weighted by Gasteiger charge is -2.17. The predicted octanol–water partition coefficient (Wildman–Crippen LogP) is 1.03. The first-order chi connectivity index (χ1) is 12.0. The third-order valence-corrected chi connectivity index (χ3v) is 5.32. The minimum atomic E-state index is -3.84. The standard InChI is InChI=1S/C17H16N4O3S/c18-11-13-4-3-5-14(10-13)12-21-9-7-15(17(21)22)20-25(23,24)16-6-1-2-8-19-16/h1-6,8,10,15,20H,7,9,12H2/t15-/m0/s1. The molecule has 2 aromatic rings. The SMILES string of the molecule is N#Cc1cccc(CN2CC[C@H](NS(=O)(=O)c3ccccn3)C2=O)c1. The number of likely N-dealkylation sites (tertiary alicyclic amines) is 1. The maximum atomic E-state index is 12.5. The second kappa shape index (κ2) is 7.01. The minimum Gasteiger partial charge on any atom is -0.337 e. The summed E-state index contributed by atoms with van der Waals surface area (Å²) >= 11 is 0. The molecule has 25 heavy (non-hydrogen) atoms. The molecule has 1 N–H and O–H groups in total. The number of benzene rings is 1. The third-order valence-electron chi connectivity index (χ3n) is 3.94. The molecule has 1 aliphatic rings. The molecule has 0 saturated carbocycles. The summed E-state index contributed by atoms with van der Waals surface area (Å²) in [5.74, 6) is -0.276. The molecule has 1 atom stereocenters. The highest BCUT2D eigenvalue weighted by Crippen LogP contribution is 2.18. The maximum Gasteiger partial charge on any atom is 0.258 e. The van der Waals surface area contributed by atoms with Crippen molar-refractivity contribution in [1.29, 1.82) is 5.26 Å². The summed E-state index contributed by atoms with van der Waals surface area (Å²) in [4.78, 5) is 17.9. The van der Waals surface area contributed by atoms with E-state index in [1.54, 1.807) is 35.2 Å². The smallest absolute Gasteiger partial charge is 0.258 e. The van der Waals surface area contributed by atoms with Gasteiger partial charge in [0.05, 0.1) is 11.6 Å². The quantitative estimate of drug-likeness (QED) is 0.862. The van der Waals surface area contributed by atoms with Gasteiger partial charge in [0.2, 0.25) is 5.91 Å². The summed E-state index contributed by atoms with van der Waals surface area (Å²) in [5.41, 5.74) is 1.36. The van der Waals surface area contributed by atoms with E-state index in [2.05, 4.69) is 15.8 Å². The Hall–Kier alpha value is -2.76. The van der Waals surface area contributed by atoms with Gasteiger partial charge in [0.1, 0.15) is 6.04 Å². The zero-order chi connectivity index (χ0) is 17.9. The number of pyridine rings is 1. The number of amides is 1. The topological polar surface area (TPSA) is 103 Å². The molecule has 2 heterocycles. The Morgan fingerprint density at radius 2 is 2.12 bits per heavy atom. The van der Waals surface area contributed by atoms with Crippen molar-refractivity contribution in [3.8, 4) is 6.07 Å². The zero-order valence-electron chi connectivity index (χ0n) is 13.3. The third kappa shape index (κ3) is 3.84. The Kier molecular flexibility index (Phi) is 4.79. The van der Waals surface area contributed by atoms with Gasteiger partial charge in [0.25, 0.3) is 10.0 Å². The van der Waals surface area contributed by atoms with Crippen molar-refractivity contribution in [1.82, 2.24) is 14.6 Å². The lowest BCUT2D eigenvalue weighted by Crippen LogP contribution is -2.41. The molecule has 1 aliphatic heterocycles.